The summed E-state index contributed by atoms with van der Waals surface area (Å²) < 4.78 is 12.5. The smallest absolute Gasteiger partial charge is 0.204 e. The molecule has 90 valence electrons. The van der Waals surface area contributed by atoms with Crippen molar-refractivity contribution in [2.45, 2.75) is 17.0 Å². The summed E-state index contributed by atoms with van der Waals surface area (Å²) >= 11 is 13.3. The largest absolute Gasteiger partial charge is 0.251 e. The van der Waals surface area contributed by atoms with Gasteiger partial charge in [-0.25, -0.2) is 0 Å². The Morgan fingerprint density at radius 1 is 1.29 bits per heavy atom. The SMILES string of the molecule is Cc1nnc(S(=O)Cc2c(Cl)cccc2Cl)s1. The molecule has 0 aliphatic rings. The van der Waals surface area contributed by atoms with E-state index in [2.05, 4.69) is 10.2 Å². The lowest BCUT2D eigenvalue weighted by molar-refractivity contribution is 0.680. The van der Waals surface area contributed by atoms with Crippen LogP contribution in [0.15, 0.2) is 22.5 Å². The van der Waals surface area contributed by atoms with E-state index in [0.29, 0.717) is 19.9 Å². The van der Waals surface area contributed by atoms with Crippen molar-refractivity contribution in [1.82, 2.24) is 10.2 Å². The van der Waals surface area contributed by atoms with Crippen LogP contribution in [-0.2, 0) is 16.6 Å². The molecule has 1 unspecified atom stereocenters. The zero-order chi connectivity index (χ0) is 12.4. The summed E-state index contributed by atoms with van der Waals surface area (Å²) in [5, 5.41) is 9.52. The van der Waals surface area contributed by atoms with Crippen LogP contribution in [0.4, 0.5) is 0 Å². The third kappa shape index (κ3) is 3.04. The molecule has 0 saturated carbocycles. The van der Waals surface area contributed by atoms with Crippen molar-refractivity contribution in [3.63, 3.8) is 0 Å². The predicted molar refractivity (Wildman–Crippen MR) is 71.2 cm³/mol. The van der Waals surface area contributed by atoms with Gasteiger partial charge in [0.1, 0.15) is 5.01 Å². The summed E-state index contributed by atoms with van der Waals surface area (Å²) in [6, 6.07) is 5.21. The second kappa shape index (κ2) is 5.44. The molecule has 1 atom stereocenters. The quantitative estimate of drug-likeness (QED) is 0.872. The molecule has 1 aromatic heterocycles. The van der Waals surface area contributed by atoms with Crippen LogP contribution >= 0.6 is 34.5 Å². The molecule has 1 heterocycles. The fourth-order valence-electron chi connectivity index (χ4n) is 1.23. The summed E-state index contributed by atoms with van der Waals surface area (Å²) in [5.41, 5.74) is 0.682. The maximum absolute atomic E-state index is 12.0. The zero-order valence-electron chi connectivity index (χ0n) is 8.81. The van der Waals surface area contributed by atoms with E-state index in [4.69, 9.17) is 23.2 Å². The molecule has 7 heteroatoms. The van der Waals surface area contributed by atoms with E-state index in [-0.39, 0.29) is 5.75 Å². The van der Waals surface area contributed by atoms with Gasteiger partial charge in [-0.1, -0.05) is 40.6 Å². The molecule has 0 aliphatic heterocycles. The van der Waals surface area contributed by atoms with Crippen LogP contribution in [0.5, 0.6) is 0 Å². The van der Waals surface area contributed by atoms with Crippen LogP contribution < -0.4 is 0 Å². The number of hydrogen-bond acceptors (Lipinski definition) is 4. The van der Waals surface area contributed by atoms with Gasteiger partial charge in [-0.3, -0.25) is 4.21 Å². The molecule has 1 aromatic carbocycles. The number of nitrogens with zero attached hydrogens (tertiary/aromatic N) is 2. The monoisotopic (exact) mass is 306 g/mol. The lowest BCUT2D eigenvalue weighted by Crippen LogP contribution is -1.97. The highest BCUT2D eigenvalue weighted by atomic mass is 35.5. The second-order valence-corrected chi connectivity index (χ2v) is 6.90. The molecule has 0 bridgehead atoms. The molecule has 0 N–H and O–H groups in total. The van der Waals surface area contributed by atoms with Crippen LogP contribution in [-0.4, -0.2) is 14.4 Å². The molecule has 2 rings (SSSR count). The fourth-order valence-corrected chi connectivity index (χ4v) is 4.08. The van der Waals surface area contributed by atoms with Gasteiger partial charge in [0.05, 0.1) is 16.6 Å². The van der Waals surface area contributed by atoms with Gasteiger partial charge in [0.15, 0.2) is 0 Å². The van der Waals surface area contributed by atoms with Crippen molar-refractivity contribution in [2.75, 3.05) is 0 Å². The van der Waals surface area contributed by atoms with E-state index in [9.17, 15) is 4.21 Å². The van der Waals surface area contributed by atoms with Crippen molar-refractivity contribution in [1.29, 1.82) is 0 Å². The van der Waals surface area contributed by atoms with Gasteiger partial charge in [0.25, 0.3) is 0 Å². The first-order valence-electron chi connectivity index (χ1n) is 4.69. The van der Waals surface area contributed by atoms with E-state index in [1.54, 1.807) is 18.2 Å². The first-order valence-corrected chi connectivity index (χ1v) is 7.58. The number of benzene rings is 1. The molecule has 0 radical (unpaired) electrons. The van der Waals surface area contributed by atoms with Crippen molar-refractivity contribution in [3.05, 3.63) is 38.8 Å². The van der Waals surface area contributed by atoms with Crippen LogP contribution in [0.3, 0.4) is 0 Å². The van der Waals surface area contributed by atoms with Gasteiger partial charge >= 0.3 is 0 Å². The van der Waals surface area contributed by atoms with E-state index in [1.807, 2.05) is 6.92 Å². The summed E-state index contributed by atoms with van der Waals surface area (Å²) in [5.74, 6) is 0.257. The van der Waals surface area contributed by atoms with Crippen molar-refractivity contribution < 1.29 is 4.21 Å². The molecule has 0 aliphatic carbocycles. The van der Waals surface area contributed by atoms with Gasteiger partial charge in [0.2, 0.25) is 4.34 Å². The maximum atomic E-state index is 12.0. The second-order valence-electron chi connectivity index (χ2n) is 3.28. The van der Waals surface area contributed by atoms with Crippen LogP contribution in [0.1, 0.15) is 10.6 Å². The lowest BCUT2D eigenvalue weighted by atomic mass is 10.2. The van der Waals surface area contributed by atoms with Crippen LogP contribution in [0, 0.1) is 6.92 Å². The van der Waals surface area contributed by atoms with Gasteiger partial charge in [-0.15, -0.1) is 10.2 Å². The average molecular weight is 307 g/mol. The van der Waals surface area contributed by atoms with Gasteiger partial charge in [-0.2, -0.15) is 0 Å². The molecular weight excluding hydrogens is 299 g/mol. The Hall–Kier alpha value is -0.490. The molecule has 3 nitrogen and oxygen atoms in total. The number of rotatable bonds is 3. The van der Waals surface area contributed by atoms with E-state index >= 15 is 0 Å². The lowest BCUT2D eigenvalue weighted by Gasteiger charge is -2.04. The summed E-state index contributed by atoms with van der Waals surface area (Å²) in [7, 11) is -1.26. The van der Waals surface area contributed by atoms with E-state index in [1.165, 1.54) is 11.3 Å². The van der Waals surface area contributed by atoms with Crippen molar-refractivity contribution >= 4 is 45.3 Å². The van der Waals surface area contributed by atoms with Gasteiger partial charge < -0.3 is 0 Å². The Morgan fingerprint density at radius 2 is 1.94 bits per heavy atom. The highest BCUT2D eigenvalue weighted by Crippen LogP contribution is 2.27. The normalized spacial score (nSPS) is 12.6. The highest BCUT2D eigenvalue weighted by molar-refractivity contribution is 7.86. The number of aromatic nitrogens is 2. The fraction of sp³-hybridized carbons (Fsp3) is 0.200. The standard InChI is InChI=1S/C10H8Cl2N2OS2/c1-6-13-14-10(16-6)17(15)5-7-8(11)3-2-4-9(7)12/h2-4H,5H2,1H3. The number of halogens is 2. The molecule has 17 heavy (non-hydrogen) atoms. The van der Waals surface area contributed by atoms with Crippen molar-refractivity contribution in [2.24, 2.45) is 0 Å². The van der Waals surface area contributed by atoms with Gasteiger partial charge in [0, 0.05) is 15.6 Å². The van der Waals surface area contributed by atoms with Crippen LogP contribution in [0.2, 0.25) is 10.0 Å². The Kier molecular flexibility index (Phi) is 4.14. The van der Waals surface area contributed by atoms with Gasteiger partial charge in [-0.05, 0) is 19.1 Å². The topological polar surface area (TPSA) is 42.9 Å². The maximum Gasteiger partial charge on any atom is 0.204 e. The Labute approximate surface area is 115 Å². The van der Waals surface area contributed by atoms with E-state index < -0.39 is 10.8 Å². The Balaban J connectivity index is 2.24. The molecule has 0 spiro atoms. The first-order chi connectivity index (χ1) is 8.08. The number of hydrogen-bond donors (Lipinski definition) is 0. The summed E-state index contributed by atoms with van der Waals surface area (Å²) in [4.78, 5) is 0. The molecule has 2 aromatic rings. The van der Waals surface area contributed by atoms with Crippen LogP contribution in [0.25, 0.3) is 0 Å². The first kappa shape index (κ1) is 13.0. The molecule has 0 saturated heterocycles. The van der Waals surface area contributed by atoms with Crippen molar-refractivity contribution in [3.8, 4) is 0 Å². The molecule has 0 amide bonds. The minimum Gasteiger partial charge on any atom is -0.251 e. The minimum atomic E-state index is -1.26. The Morgan fingerprint density at radius 3 is 2.47 bits per heavy atom. The zero-order valence-corrected chi connectivity index (χ0v) is 12.0. The summed E-state index contributed by atoms with van der Waals surface area (Å²) in [6.07, 6.45) is 0. The average Bonchev–Trinajstić information content (AvgIpc) is 2.70. The number of aryl methyl sites for hydroxylation is 1. The Bertz CT molecular complexity index is 551. The summed E-state index contributed by atoms with van der Waals surface area (Å²) in [6.45, 7) is 1.82. The molecule has 0 fully saturated rings. The molecular formula is C10H8Cl2N2OS2. The predicted octanol–water partition coefficient (Wildman–Crippen LogP) is 3.46. The minimum absolute atomic E-state index is 0.257. The third-order valence-corrected chi connectivity index (χ3v) is 5.21. The third-order valence-electron chi connectivity index (χ3n) is 2.04. The van der Waals surface area contributed by atoms with E-state index in [0.717, 1.165) is 5.01 Å². The highest BCUT2D eigenvalue weighted by Gasteiger charge is 2.14.